The predicted octanol–water partition coefficient (Wildman–Crippen LogP) is 4.63. The minimum Gasteiger partial charge on any atom is -0.497 e. The lowest BCUT2D eigenvalue weighted by Gasteiger charge is -2.12. The van der Waals surface area contributed by atoms with Crippen LogP contribution in [0.4, 0.5) is 11.6 Å². The Morgan fingerprint density at radius 2 is 1.77 bits per heavy atom. The Kier molecular flexibility index (Phi) is 5.19. The lowest BCUT2D eigenvalue weighted by molar-refractivity contribution is -0.384. The van der Waals surface area contributed by atoms with E-state index in [1.165, 1.54) is 25.3 Å². The van der Waals surface area contributed by atoms with Gasteiger partial charge in [-0.25, -0.2) is 0 Å². The molecule has 0 saturated carbocycles. The molecule has 1 N–H and O–H groups in total. The SMILES string of the molecule is COc1ccc(-c2c(NC(=O)c3cccc([N+](=O)[O-])c3)oc3ccccc3c2=O)cc1. The fourth-order valence-electron chi connectivity index (χ4n) is 3.19. The van der Waals surface area contributed by atoms with Crippen LogP contribution in [-0.4, -0.2) is 17.9 Å². The smallest absolute Gasteiger partial charge is 0.270 e. The normalized spacial score (nSPS) is 10.6. The molecule has 1 amide bonds. The maximum Gasteiger partial charge on any atom is 0.270 e. The largest absolute Gasteiger partial charge is 0.497 e. The van der Waals surface area contributed by atoms with Crippen LogP contribution in [0.2, 0.25) is 0 Å². The third-order valence-electron chi connectivity index (χ3n) is 4.72. The Labute approximate surface area is 175 Å². The van der Waals surface area contributed by atoms with Crippen molar-refractivity contribution in [2.24, 2.45) is 0 Å². The van der Waals surface area contributed by atoms with Gasteiger partial charge in [0.05, 0.1) is 23.0 Å². The highest BCUT2D eigenvalue weighted by Crippen LogP contribution is 2.30. The van der Waals surface area contributed by atoms with Crippen LogP contribution in [0, 0.1) is 10.1 Å². The van der Waals surface area contributed by atoms with Gasteiger partial charge in [-0.1, -0.05) is 30.3 Å². The number of nitro groups is 1. The molecule has 0 atom stereocenters. The second kappa shape index (κ2) is 8.11. The average molecular weight is 416 g/mol. The van der Waals surface area contributed by atoms with Gasteiger partial charge >= 0.3 is 0 Å². The van der Waals surface area contributed by atoms with Gasteiger partial charge in [-0.3, -0.25) is 25.0 Å². The highest BCUT2D eigenvalue weighted by molar-refractivity contribution is 6.06. The zero-order valence-corrected chi connectivity index (χ0v) is 16.3. The van der Waals surface area contributed by atoms with Gasteiger partial charge in [0.15, 0.2) is 0 Å². The number of carbonyl (C=O) groups is 1. The summed E-state index contributed by atoms with van der Waals surface area (Å²) in [6, 6.07) is 18.7. The maximum atomic E-state index is 13.2. The molecule has 4 rings (SSSR count). The van der Waals surface area contributed by atoms with E-state index in [1.807, 2.05) is 0 Å². The van der Waals surface area contributed by atoms with Crippen LogP contribution in [0.15, 0.2) is 82.0 Å². The van der Waals surface area contributed by atoms with E-state index in [0.717, 1.165) is 6.07 Å². The Morgan fingerprint density at radius 3 is 2.48 bits per heavy atom. The van der Waals surface area contributed by atoms with Gasteiger partial charge in [0.2, 0.25) is 11.3 Å². The molecular weight excluding hydrogens is 400 g/mol. The molecule has 0 aliphatic heterocycles. The first-order valence-corrected chi connectivity index (χ1v) is 9.24. The number of ether oxygens (including phenoxy) is 1. The molecule has 0 spiro atoms. The van der Waals surface area contributed by atoms with Crippen molar-refractivity contribution < 1.29 is 18.9 Å². The number of nitrogens with one attached hydrogen (secondary N) is 1. The van der Waals surface area contributed by atoms with E-state index in [9.17, 15) is 19.7 Å². The fraction of sp³-hybridized carbons (Fsp3) is 0.0435. The summed E-state index contributed by atoms with van der Waals surface area (Å²) in [5.74, 6) is -0.0848. The number of rotatable bonds is 5. The fourth-order valence-corrected chi connectivity index (χ4v) is 3.19. The maximum absolute atomic E-state index is 13.2. The third-order valence-corrected chi connectivity index (χ3v) is 4.72. The summed E-state index contributed by atoms with van der Waals surface area (Å²) in [4.78, 5) is 36.5. The first-order chi connectivity index (χ1) is 15.0. The van der Waals surface area contributed by atoms with E-state index in [-0.39, 0.29) is 28.1 Å². The van der Waals surface area contributed by atoms with Gasteiger partial charge in [-0.15, -0.1) is 0 Å². The number of carbonyl (C=O) groups excluding carboxylic acids is 1. The van der Waals surface area contributed by atoms with Crippen LogP contribution in [0.3, 0.4) is 0 Å². The van der Waals surface area contributed by atoms with Crippen LogP contribution in [-0.2, 0) is 0 Å². The van der Waals surface area contributed by atoms with E-state index in [4.69, 9.17) is 9.15 Å². The van der Waals surface area contributed by atoms with Gasteiger partial charge in [-0.05, 0) is 35.9 Å². The number of amides is 1. The minimum absolute atomic E-state index is 0.0506. The van der Waals surface area contributed by atoms with Crippen molar-refractivity contribution in [3.63, 3.8) is 0 Å². The Hall–Kier alpha value is -4.46. The van der Waals surface area contributed by atoms with E-state index >= 15 is 0 Å². The number of hydrogen-bond acceptors (Lipinski definition) is 6. The summed E-state index contributed by atoms with van der Waals surface area (Å²) in [6.07, 6.45) is 0. The molecule has 8 nitrogen and oxygen atoms in total. The zero-order chi connectivity index (χ0) is 22.0. The first-order valence-electron chi connectivity index (χ1n) is 9.24. The van der Waals surface area contributed by atoms with Crippen molar-refractivity contribution in [2.45, 2.75) is 0 Å². The molecule has 3 aromatic carbocycles. The van der Waals surface area contributed by atoms with Crippen molar-refractivity contribution in [3.8, 4) is 16.9 Å². The number of nitrogens with zero attached hydrogens (tertiary/aromatic N) is 1. The van der Waals surface area contributed by atoms with E-state index in [1.54, 1.807) is 48.5 Å². The third kappa shape index (κ3) is 3.86. The predicted molar refractivity (Wildman–Crippen MR) is 116 cm³/mol. The van der Waals surface area contributed by atoms with Gasteiger partial charge in [0.1, 0.15) is 11.3 Å². The molecule has 0 unspecified atom stereocenters. The van der Waals surface area contributed by atoms with Crippen molar-refractivity contribution in [3.05, 3.63) is 98.7 Å². The number of fused-ring (bicyclic) bond motifs is 1. The molecule has 0 aliphatic carbocycles. The molecule has 31 heavy (non-hydrogen) atoms. The second-order valence-corrected chi connectivity index (χ2v) is 6.62. The van der Waals surface area contributed by atoms with Gasteiger partial charge < -0.3 is 9.15 Å². The molecule has 0 fully saturated rings. The van der Waals surface area contributed by atoms with Gasteiger partial charge in [0.25, 0.3) is 11.6 Å². The summed E-state index contributed by atoms with van der Waals surface area (Å²) in [5.41, 5.74) is 0.518. The second-order valence-electron chi connectivity index (χ2n) is 6.62. The molecule has 154 valence electrons. The van der Waals surface area contributed by atoms with E-state index in [2.05, 4.69) is 5.32 Å². The molecule has 0 saturated heterocycles. The molecular formula is C23H16N2O6. The molecule has 4 aromatic rings. The molecule has 1 aromatic heterocycles. The van der Waals surface area contributed by atoms with E-state index in [0.29, 0.717) is 22.3 Å². The number of methoxy groups -OCH3 is 1. The van der Waals surface area contributed by atoms with Gasteiger partial charge in [-0.2, -0.15) is 0 Å². The summed E-state index contributed by atoms with van der Waals surface area (Å²) >= 11 is 0. The lowest BCUT2D eigenvalue weighted by Crippen LogP contribution is -2.16. The zero-order valence-electron chi connectivity index (χ0n) is 16.3. The monoisotopic (exact) mass is 416 g/mol. The number of benzene rings is 3. The minimum atomic E-state index is -0.642. The van der Waals surface area contributed by atoms with Crippen LogP contribution in [0.5, 0.6) is 5.75 Å². The number of anilines is 1. The number of para-hydroxylation sites is 1. The first kappa shape index (κ1) is 19.8. The number of nitro benzene ring substituents is 1. The standard InChI is InChI=1S/C23H16N2O6/c1-30-17-11-9-14(10-12-17)20-21(26)18-7-2-3-8-19(18)31-23(20)24-22(27)15-5-4-6-16(13-15)25(28)29/h2-13H,1H3,(H,24,27). The Balaban J connectivity index is 1.84. The van der Waals surface area contributed by atoms with Crippen LogP contribution in [0.25, 0.3) is 22.1 Å². The summed E-state index contributed by atoms with van der Waals surface area (Å²) in [6.45, 7) is 0. The average Bonchev–Trinajstić information content (AvgIpc) is 2.79. The van der Waals surface area contributed by atoms with Crippen molar-refractivity contribution in [1.82, 2.24) is 0 Å². The molecule has 0 aliphatic rings. The van der Waals surface area contributed by atoms with E-state index < -0.39 is 10.8 Å². The van der Waals surface area contributed by atoms with Gasteiger partial charge in [0, 0.05) is 17.7 Å². The highest BCUT2D eigenvalue weighted by atomic mass is 16.6. The Morgan fingerprint density at radius 1 is 1.03 bits per heavy atom. The van der Waals surface area contributed by atoms with Crippen LogP contribution in [0.1, 0.15) is 10.4 Å². The topological polar surface area (TPSA) is 112 Å². The number of non-ortho nitro benzene ring substituents is 1. The van der Waals surface area contributed by atoms with Crippen LogP contribution < -0.4 is 15.5 Å². The highest BCUT2D eigenvalue weighted by Gasteiger charge is 2.20. The summed E-state index contributed by atoms with van der Waals surface area (Å²) in [7, 11) is 1.53. The summed E-state index contributed by atoms with van der Waals surface area (Å²) in [5, 5.41) is 14.0. The summed E-state index contributed by atoms with van der Waals surface area (Å²) < 4.78 is 11.0. The Bertz CT molecular complexity index is 1360. The number of hydrogen-bond donors (Lipinski definition) is 1. The lowest BCUT2D eigenvalue weighted by atomic mass is 10.0. The quantitative estimate of drug-likeness (QED) is 0.375. The van der Waals surface area contributed by atoms with Crippen molar-refractivity contribution in [2.75, 3.05) is 12.4 Å². The molecule has 8 heteroatoms. The van der Waals surface area contributed by atoms with Crippen molar-refractivity contribution in [1.29, 1.82) is 0 Å². The van der Waals surface area contributed by atoms with Crippen LogP contribution >= 0.6 is 0 Å². The molecule has 0 bridgehead atoms. The molecule has 0 radical (unpaired) electrons. The molecule has 1 heterocycles. The van der Waals surface area contributed by atoms with Crippen molar-refractivity contribution >= 4 is 28.4 Å².